The number of esters is 2. The summed E-state index contributed by atoms with van der Waals surface area (Å²) in [4.78, 5) is 74.0. The Hall–Kier alpha value is -3.63. The zero-order valence-electron chi connectivity index (χ0n) is 91.1. The quantitative estimate of drug-likeness (QED) is 0.0324. The number of aliphatic hydroxyl groups excluding tert-OH is 1. The molecule has 0 aliphatic carbocycles. The minimum absolute atomic E-state index is 0.0463. The number of carbonyl (C=O) groups is 6. The Morgan fingerprint density at radius 1 is 0.238 bits per heavy atom. The van der Waals surface area contributed by atoms with E-state index in [2.05, 4.69) is 19.2 Å². The van der Waals surface area contributed by atoms with Crippen LogP contribution in [0.5, 0.6) is 0 Å². The summed E-state index contributed by atoms with van der Waals surface area (Å²) in [7, 11) is 0. The number of carbonyl (C=O) groups excluding carboxylic acids is 6. The van der Waals surface area contributed by atoms with Crippen LogP contribution in [0.4, 0.5) is 0 Å². The van der Waals surface area contributed by atoms with Crippen molar-refractivity contribution in [3.05, 3.63) is 0 Å². The molecular formula is C106H205N3O37S. The van der Waals surface area contributed by atoms with Crippen molar-refractivity contribution in [2.75, 3.05) is 395 Å². The third-order valence-corrected chi connectivity index (χ3v) is 23.2. The molecule has 0 spiro atoms. The van der Waals surface area contributed by atoms with Crippen LogP contribution < -0.4 is 16.8 Å². The molecule has 0 heterocycles. The zero-order chi connectivity index (χ0) is 106. The van der Waals surface area contributed by atoms with Crippen molar-refractivity contribution in [2.45, 2.75) is 257 Å². The maximum Gasteiger partial charge on any atom is 0.306 e. The molecular weight excluding hydrogens is 1940 g/mol. The summed E-state index contributed by atoms with van der Waals surface area (Å²) in [5.41, 5.74) is 11.3. The van der Waals surface area contributed by atoms with Crippen LogP contribution in [0.25, 0.3) is 0 Å². The standard InChI is InChI=1S/C106H205N3O37S/c1-3-5-7-9-11-13-15-17-19-21-23-25-27-33-104(114)145-39-29-31-99(146-105(115)34-28-26-24-22-20-18-16-14-12-10-8-6-4-2)96-147-97-100(107)106(116)109-101(95-110)102(112)32-30-38-117-41-43-119-45-47-121-49-51-123-53-55-125-57-59-127-61-63-129-65-67-131-69-71-133-73-75-135-77-79-137-81-83-139-85-87-141-89-91-143-93-94-144-92-90-142-88-86-140-84-82-138-80-78-136-76-74-134-72-70-132-68-66-130-64-62-128-60-58-126-56-54-124-52-50-122-48-46-120-44-42-118-40-37-98(111)35-36-103(108)113/h99-101,110H,3-97,107H2,1-2H3,(H2,108,113)(H,109,116)/t99-,100+,101+/m1/s1. The van der Waals surface area contributed by atoms with Gasteiger partial charge >= 0.3 is 11.9 Å². The van der Waals surface area contributed by atoms with Gasteiger partial charge in [0.2, 0.25) is 11.8 Å². The number of hydrogen-bond donors (Lipinski definition) is 4. The molecule has 0 aromatic heterocycles. The number of primary amides is 1. The molecule has 0 saturated carbocycles. The van der Waals surface area contributed by atoms with Crippen molar-refractivity contribution in [1.29, 1.82) is 0 Å². The summed E-state index contributed by atoms with van der Waals surface area (Å²) < 4.78 is 167. The number of unbranched alkanes of at least 4 members (excludes halogenated alkanes) is 24. The van der Waals surface area contributed by atoms with Gasteiger partial charge in [-0.25, -0.2) is 0 Å². The Bertz CT molecular complexity index is 2680. The number of hydrogen-bond acceptors (Lipinski definition) is 39. The number of nitrogens with one attached hydrogen (secondary N) is 1. The van der Waals surface area contributed by atoms with Crippen LogP contribution in [0.1, 0.15) is 239 Å². The van der Waals surface area contributed by atoms with Crippen LogP contribution in [0, 0.1) is 0 Å². The smallest absolute Gasteiger partial charge is 0.306 e. The molecule has 41 heteroatoms. The summed E-state index contributed by atoms with van der Waals surface area (Å²) in [5.74, 6) is -1.26. The van der Waals surface area contributed by atoms with Gasteiger partial charge in [-0.1, -0.05) is 168 Å². The van der Waals surface area contributed by atoms with Crippen molar-refractivity contribution in [2.24, 2.45) is 11.5 Å². The summed E-state index contributed by atoms with van der Waals surface area (Å²) in [6, 6.07) is -2.07. The summed E-state index contributed by atoms with van der Waals surface area (Å²) in [6.07, 6.45) is 34.2. The lowest BCUT2D eigenvalue weighted by Gasteiger charge is -2.20. The Morgan fingerprint density at radius 2 is 0.463 bits per heavy atom. The van der Waals surface area contributed by atoms with E-state index in [1.54, 1.807) is 0 Å². The number of ketones is 2. The largest absolute Gasteiger partial charge is 0.466 e. The van der Waals surface area contributed by atoms with Gasteiger partial charge in [0.15, 0.2) is 5.78 Å². The van der Waals surface area contributed by atoms with E-state index >= 15 is 0 Å². The molecule has 0 fully saturated rings. The van der Waals surface area contributed by atoms with Gasteiger partial charge in [-0.3, -0.25) is 28.8 Å². The van der Waals surface area contributed by atoms with Crippen LogP contribution in [-0.4, -0.2) is 453 Å². The number of thioether (sulfide) groups is 1. The third-order valence-electron chi connectivity index (χ3n) is 22.0. The van der Waals surface area contributed by atoms with Crippen LogP contribution in [0.3, 0.4) is 0 Å². The highest BCUT2D eigenvalue weighted by Crippen LogP contribution is 2.19. The number of Topliss-reactive ketones (excluding diaryl/α,β-unsaturated/α-hetero) is 2. The maximum absolute atomic E-state index is 13.1. The molecule has 872 valence electrons. The topological polar surface area (TPSA) is 464 Å². The minimum atomic E-state index is -1.10. The van der Waals surface area contributed by atoms with Crippen molar-refractivity contribution < 1.29 is 176 Å². The fraction of sp³-hybridized carbons (Fsp3) is 0.943. The predicted octanol–water partition coefficient (Wildman–Crippen LogP) is 10.8. The van der Waals surface area contributed by atoms with E-state index < -0.39 is 36.6 Å². The van der Waals surface area contributed by atoms with Gasteiger partial charge in [-0.2, -0.15) is 11.8 Å². The predicted molar refractivity (Wildman–Crippen MR) is 560 cm³/mol. The minimum Gasteiger partial charge on any atom is -0.466 e. The van der Waals surface area contributed by atoms with Gasteiger partial charge in [-0.15, -0.1) is 0 Å². The summed E-state index contributed by atoms with van der Waals surface area (Å²) in [6.45, 7) is 29.0. The highest BCUT2D eigenvalue weighted by Gasteiger charge is 2.25. The molecule has 0 aromatic rings. The SMILES string of the molecule is CCCCCCCCCCCCCCCC(=O)OCCC[C@H](CSC[C@H](N)C(=O)N[C@@H](CO)C(=O)CCCOCCOCCOCCOCCOCCOCCOCCOCCOCCOCCOCCOCCOCCOCCOCCOCCOCCOCCOCCOCCOCCOCCOCCOCCOCCOCCOCCOCCC(=O)CCC(N)=O)OC(=O)CCCCCCCCCCCCCCC. The second-order valence-electron chi connectivity index (χ2n) is 34.8. The zero-order valence-corrected chi connectivity index (χ0v) is 91.9. The first-order valence-corrected chi connectivity index (χ1v) is 56.8. The molecule has 6 N–H and O–H groups in total. The van der Waals surface area contributed by atoms with Gasteiger partial charge in [0.25, 0.3) is 0 Å². The van der Waals surface area contributed by atoms with Crippen molar-refractivity contribution in [1.82, 2.24) is 5.32 Å². The lowest BCUT2D eigenvalue weighted by Crippen LogP contribution is -2.50. The average Bonchev–Trinajstić information content (AvgIpc) is 0.904. The molecule has 0 aliphatic rings. The second kappa shape index (κ2) is 126. The Morgan fingerprint density at radius 3 is 0.701 bits per heavy atom. The molecule has 2 amide bonds. The van der Waals surface area contributed by atoms with E-state index in [0.717, 1.165) is 38.5 Å². The fourth-order valence-corrected chi connectivity index (χ4v) is 14.6. The average molecular weight is 2150 g/mol. The Kier molecular flexibility index (Phi) is 123. The van der Waals surface area contributed by atoms with Crippen LogP contribution in [0.15, 0.2) is 0 Å². The van der Waals surface area contributed by atoms with E-state index in [1.165, 1.54) is 140 Å². The van der Waals surface area contributed by atoms with Gasteiger partial charge in [0, 0.05) is 56.6 Å². The van der Waals surface area contributed by atoms with E-state index in [9.17, 15) is 33.9 Å². The van der Waals surface area contributed by atoms with Crippen LogP contribution in [-0.2, 0) is 171 Å². The second-order valence-corrected chi connectivity index (χ2v) is 35.9. The van der Waals surface area contributed by atoms with E-state index in [-0.39, 0.29) is 61.5 Å². The normalized spacial score (nSPS) is 12.3. The monoisotopic (exact) mass is 2140 g/mol. The van der Waals surface area contributed by atoms with Gasteiger partial charge in [-0.05, 0) is 32.1 Å². The molecule has 0 aliphatic heterocycles. The van der Waals surface area contributed by atoms with E-state index in [0.29, 0.717) is 408 Å². The number of ether oxygens (including phenoxy) is 30. The third kappa shape index (κ3) is 121. The van der Waals surface area contributed by atoms with Gasteiger partial charge in [0.05, 0.1) is 383 Å². The first-order chi connectivity index (χ1) is 72.5. The highest BCUT2D eigenvalue weighted by molar-refractivity contribution is 7.99. The molecule has 0 aromatic carbocycles. The van der Waals surface area contributed by atoms with Crippen LogP contribution >= 0.6 is 11.8 Å². The molecule has 0 radical (unpaired) electrons. The van der Waals surface area contributed by atoms with Crippen molar-refractivity contribution in [3.63, 3.8) is 0 Å². The number of amides is 2. The molecule has 0 saturated heterocycles. The molecule has 3 atom stereocenters. The lowest BCUT2D eigenvalue weighted by atomic mass is 10.0. The number of aliphatic hydroxyl groups is 1. The maximum atomic E-state index is 13.1. The number of rotatable bonds is 132. The van der Waals surface area contributed by atoms with Crippen molar-refractivity contribution >= 4 is 47.1 Å². The number of nitrogens with two attached hydrogens (primary N) is 2. The van der Waals surface area contributed by atoms with E-state index in [1.807, 2.05) is 0 Å². The molecule has 40 nitrogen and oxygen atoms in total. The van der Waals surface area contributed by atoms with E-state index in [4.69, 9.17) is 154 Å². The van der Waals surface area contributed by atoms with Gasteiger partial charge in [0.1, 0.15) is 17.9 Å². The Balaban J connectivity index is 3.56. The molecule has 0 rings (SSSR count). The highest BCUT2D eigenvalue weighted by atomic mass is 32.2. The van der Waals surface area contributed by atoms with Crippen molar-refractivity contribution in [3.8, 4) is 0 Å². The lowest BCUT2D eigenvalue weighted by molar-refractivity contribution is -0.149. The molecule has 0 unspecified atom stereocenters. The van der Waals surface area contributed by atoms with Crippen LogP contribution in [0.2, 0.25) is 0 Å². The summed E-state index contributed by atoms with van der Waals surface area (Å²) in [5, 5.41) is 12.6. The Labute approximate surface area is 887 Å². The first kappa shape index (κ1) is 143. The fourth-order valence-electron chi connectivity index (χ4n) is 13.6. The first-order valence-electron chi connectivity index (χ1n) is 55.6. The van der Waals surface area contributed by atoms with Gasteiger partial charge < -0.3 is 164 Å². The molecule has 147 heavy (non-hydrogen) atoms. The summed E-state index contributed by atoms with van der Waals surface area (Å²) >= 11 is 1.38. The molecule has 0 bridgehead atoms.